The van der Waals surface area contributed by atoms with Crippen molar-refractivity contribution in [2.24, 2.45) is 0 Å². The SMILES string of the molecule is O=c1[nH]c(=O)n([C@@H]2CC(O)[C@H](CO)O2)cc1C1CC1. The third-order valence-corrected chi connectivity index (χ3v) is 3.71. The Bertz CT molecular complexity index is 589. The lowest BCUT2D eigenvalue weighted by molar-refractivity contribution is -0.0460. The van der Waals surface area contributed by atoms with Gasteiger partial charge in [0.15, 0.2) is 0 Å². The van der Waals surface area contributed by atoms with E-state index >= 15 is 0 Å². The highest BCUT2D eigenvalue weighted by Gasteiger charge is 2.36. The van der Waals surface area contributed by atoms with Gasteiger partial charge < -0.3 is 14.9 Å². The van der Waals surface area contributed by atoms with Gasteiger partial charge in [-0.05, 0) is 18.8 Å². The van der Waals surface area contributed by atoms with Crippen LogP contribution in [0.5, 0.6) is 0 Å². The predicted octanol–water partition coefficient (Wildman–Crippen LogP) is -0.945. The molecular weight excluding hydrogens is 252 g/mol. The maximum atomic E-state index is 11.8. The summed E-state index contributed by atoms with van der Waals surface area (Å²) in [5.41, 5.74) is -0.309. The third kappa shape index (κ3) is 2.24. The molecule has 104 valence electrons. The summed E-state index contributed by atoms with van der Waals surface area (Å²) in [6.07, 6.45) is 1.51. The van der Waals surface area contributed by atoms with Crippen molar-refractivity contribution in [3.8, 4) is 0 Å². The monoisotopic (exact) mass is 268 g/mol. The molecule has 2 aliphatic rings. The third-order valence-electron chi connectivity index (χ3n) is 3.71. The predicted molar refractivity (Wildman–Crippen MR) is 64.9 cm³/mol. The second-order valence-corrected chi connectivity index (χ2v) is 5.14. The van der Waals surface area contributed by atoms with Gasteiger partial charge >= 0.3 is 5.69 Å². The highest BCUT2D eigenvalue weighted by molar-refractivity contribution is 5.17. The minimum atomic E-state index is -0.807. The lowest BCUT2D eigenvalue weighted by Gasteiger charge is -2.15. The van der Waals surface area contributed by atoms with Crippen LogP contribution in [0.2, 0.25) is 0 Å². The molecule has 19 heavy (non-hydrogen) atoms. The van der Waals surface area contributed by atoms with E-state index in [1.807, 2.05) is 0 Å². The summed E-state index contributed by atoms with van der Waals surface area (Å²) in [5.74, 6) is 0.218. The zero-order valence-corrected chi connectivity index (χ0v) is 10.3. The Morgan fingerprint density at radius 1 is 1.42 bits per heavy atom. The molecule has 1 aromatic heterocycles. The fraction of sp³-hybridized carbons (Fsp3) is 0.667. The van der Waals surface area contributed by atoms with E-state index < -0.39 is 24.1 Å². The Hall–Kier alpha value is -1.44. The van der Waals surface area contributed by atoms with Crippen molar-refractivity contribution < 1.29 is 14.9 Å². The quantitative estimate of drug-likeness (QED) is 0.656. The highest BCUT2D eigenvalue weighted by atomic mass is 16.5. The number of hydrogen-bond acceptors (Lipinski definition) is 5. The smallest absolute Gasteiger partial charge is 0.330 e. The summed E-state index contributed by atoms with van der Waals surface area (Å²) in [5, 5.41) is 18.7. The standard InChI is InChI=1S/C12H16N2O5/c15-5-9-8(16)3-10(19-9)14-4-7(6-1-2-6)11(17)13-12(14)18/h4,6,8-10,15-16H,1-3,5H2,(H,13,17,18)/t8?,9-,10-/m0/s1. The molecular formula is C12H16N2O5. The molecule has 3 atom stereocenters. The second kappa shape index (κ2) is 4.59. The van der Waals surface area contributed by atoms with E-state index in [9.17, 15) is 14.7 Å². The van der Waals surface area contributed by atoms with Crippen molar-refractivity contribution in [2.75, 3.05) is 6.61 Å². The largest absolute Gasteiger partial charge is 0.394 e. The number of rotatable bonds is 3. The molecule has 0 spiro atoms. The fourth-order valence-corrected chi connectivity index (χ4v) is 2.45. The summed E-state index contributed by atoms with van der Waals surface area (Å²) in [7, 11) is 0. The number of ether oxygens (including phenoxy) is 1. The van der Waals surface area contributed by atoms with Crippen molar-refractivity contribution in [1.82, 2.24) is 9.55 Å². The molecule has 1 saturated carbocycles. The molecule has 1 aromatic rings. The van der Waals surface area contributed by atoms with Gasteiger partial charge in [0.25, 0.3) is 5.56 Å². The van der Waals surface area contributed by atoms with Crippen LogP contribution >= 0.6 is 0 Å². The fourth-order valence-electron chi connectivity index (χ4n) is 2.45. The Balaban J connectivity index is 1.95. The first-order valence-electron chi connectivity index (χ1n) is 6.40. The van der Waals surface area contributed by atoms with E-state index in [1.165, 1.54) is 10.8 Å². The van der Waals surface area contributed by atoms with Crippen LogP contribution in [0.4, 0.5) is 0 Å². The summed E-state index contributed by atoms with van der Waals surface area (Å²) < 4.78 is 6.73. The summed E-state index contributed by atoms with van der Waals surface area (Å²) >= 11 is 0. The molecule has 1 saturated heterocycles. The van der Waals surface area contributed by atoms with E-state index in [4.69, 9.17) is 9.84 Å². The van der Waals surface area contributed by atoms with Gasteiger partial charge in [0.1, 0.15) is 12.3 Å². The first kappa shape index (κ1) is 12.6. The Morgan fingerprint density at radius 3 is 2.74 bits per heavy atom. The van der Waals surface area contributed by atoms with Gasteiger partial charge in [-0.1, -0.05) is 0 Å². The van der Waals surface area contributed by atoms with E-state index in [0.29, 0.717) is 5.56 Å². The molecule has 0 amide bonds. The van der Waals surface area contributed by atoms with Gasteiger partial charge in [0.05, 0.1) is 12.7 Å². The summed E-state index contributed by atoms with van der Waals surface area (Å²) in [4.78, 5) is 25.8. The molecule has 2 heterocycles. The topological polar surface area (TPSA) is 105 Å². The van der Waals surface area contributed by atoms with Gasteiger partial charge in [-0.15, -0.1) is 0 Å². The van der Waals surface area contributed by atoms with Crippen LogP contribution < -0.4 is 11.2 Å². The van der Waals surface area contributed by atoms with Gasteiger partial charge in [-0.2, -0.15) is 0 Å². The molecule has 1 unspecified atom stereocenters. The lowest BCUT2D eigenvalue weighted by Crippen LogP contribution is -2.34. The van der Waals surface area contributed by atoms with Crippen LogP contribution in [0.15, 0.2) is 15.8 Å². The van der Waals surface area contributed by atoms with Crippen LogP contribution in [0.25, 0.3) is 0 Å². The van der Waals surface area contributed by atoms with Crippen LogP contribution in [0.1, 0.15) is 37.0 Å². The van der Waals surface area contributed by atoms with Crippen molar-refractivity contribution in [2.45, 2.75) is 43.6 Å². The maximum Gasteiger partial charge on any atom is 0.330 e. The van der Waals surface area contributed by atoms with E-state index in [1.54, 1.807) is 0 Å². The molecule has 7 heteroatoms. The number of H-pyrrole nitrogens is 1. The molecule has 3 N–H and O–H groups in total. The van der Waals surface area contributed by atoms with Crippen molar-refractivity contribution in [3.05, 3.63) is 32.6 Å². The Morgan fingerprint density at radius 2 is 2.16 bits per heavy atom. The molecule has 0 bridgehead atoms. The summed E-state index contributed by atoms with van der Waals surface area (Å²) in [6, 6.07) is 0. The minimum absolute atomic E-state index is 0.218. The van der Waals surface area contributed by atoms with E-state index in [0.717, 1.165) is 12.8 Å². The number of aromatic nitrogens is 2. The van der Waals surface area contributed by atoms with Gasteiger partial charge in [-0.3, -0.25) is 14.3 Å². The van der Waals surface area contributed by atoms with E-state index in [-0.39, 0.29) is 24.5 Å². The number of aromatic amines is 1. The Kier molecular flexibility index (Phi) is 3.04. The first-order chi connectivity index (χ1) is 9.10. The van der Waals surface area contributed by atoms with Crippen molar-refractivity contribution in [1.29, 1.82) is 0 Å². The second-order valence-electron chi connectivity index (χ2n) is 5.14. The number of aliphatic hydroxyl groups excluding tert-OH is 2. The molecule has 7 nitrogen and oxygen atoms in total. The maximum absolute atomic E-state index is 11.8. The molecule has 0 aromatic carbocycles. The minimum Gasteiger partial charge on any atom is -0.394 e. The molecule has 0 radical (unpaired) electrons. The normalized spacial score (nSPS) is 30.7. The average molecular weight is 268 g/mol. The Labute approximate surface area is 108 Å². The van der Waals surface area contributed by atoms with Gasteiger partial charge in [-0.25, -0.2) is 4.79 Å². The van der Waals surface area contributed by atoms with Crippen LogP contribution in [-0.2, 0) is 4.74 Å². The van der Waals surface area contributed by atoms with E-state index in [2.05, 4.69) is 4.98 Å². The van der Waals surface area contributed by atoms with Gasteiger partial charge in [0, 0.05) is 18.2 Å². The lowest BCUT2D eigenvalue weighted by atomic mass is 10.2. The highest BCUT2D eigenvalue weighted by Crippen LogP contribution is 2.38. The van der Waals surface area contributed by atoms with Crippen molar-refractivity contribution >= 4 is 0 Å². The molecule has 1 aliphatic carbocycles. The van der Waals surface area contributed by atoms with Crippen LogP contribution in [-0.4, -0.2) is 38.6 Å². The van der Waals surface area contributed by atoms with Crippen LogP contribution in [0, 0.1) is 0 Å². The molecule has 1 aliphatic heterocycles. The molecule has 3 rings (SSSR count). The number of hydrogen-bond donors (Lipinski definition) is 3. The average Bonchev–Trinajstić information content (AvgIpc) is 3.13. The molecule has 2 fully saturated rings. The number of nitrogens with zero attached hydrogens (tertiary/aromatic N) is 1. The summed E-state index contributed by atoms with van der Waals surface area (Å²) in [6.45, 7) is -0.300. The number of aliphatic hydroxyl groups is 2. The van der Waals surface area contributed by atoms with Gasteiger partial charge in [0.2, 0.25) is 0 Å². The van der Waals surface area contributed by atoms with Crippen molar-refractivity contribution in [3.63, 3.8) is 0 Å². The first-order valence-corrected chi connectivity index (χ1v) is 6.40. The number of nitrogens with one attached hydrogen (secondary N) is 1. The van der Waals surface area contributed by atoms with Crippen LogP contribution in [0.3, 0.4) is 0 Å². The zero-order chi connectivity index (χ0) is 13.6. The zero-order valence-electron chi connectivity index (χ0n) is 10.3.